The Labute approximate surface area is 80.5 Å². The standard InChI is InChI=1S/C7H6BrF3S/c1-4(8)5-2-3-12-6(5)7(9,10)11/h2-4H,1H3. The van der Waals surface area contributed by atoms with Crippen molar-refractivity contribution in [1.29, 1.82) is 0 Å². The van der Waals surface area contributed by atoms with Crippen LogP contribution in [0.25, 0.3) is 0 Å². The maximum atomic E-state index is 12.2. The molecule has 5 heteroatoms. The van der Waals surface area contributed by atoms with Crippen LogP contribution in [0.15, 0.2) is 11.4 Å². The van der Waals surface area contributed by atoms with Gasteiger partial charge in [-0.25, -0.2) is 0 Å². The lowest BCUT2D eigenvalue weighted by molar-refractivity contribution is -0.134. The van der Waals surface area contributed by atoms with Gasteiger partial charge in [0.15, 0.2) is 0 Å². The minimum absolute atomic E-state index is 0.250. The molecular weight excluding hydrogens is 253 g/mol. The van der Waals surface area contributed by atoms with Gasteiger partial charge in [-0.1, -0.05) is 15.9 Å². The van der Waals surface area contributed by atoms with Gasteiger partial charge in [0.1, 0.15) is 4.88 Å². The Morgan fingerprint density at radius 2 is 2.08 bits per heavy atom. The van der Waals surface area contributed by atoms with E-state index in [0.29, 0.717) is 5.56 Å². The lowest BCUT2D eigenvalue weighted by Crippen LogP contribution is -2.05. The van der Waals surface area contributed by atoms with E-state index < -0.39 is 11.1 Å². The molecule has 0 saturated heterocycles. The molecule has 0 aromatic carbocycles. The van der Waals surface area contributed by atoms with Gasteiger partial charge in [0.05, 0.1) is 0 Å². The second-order valence-electron chi connectivity index (χ2n) is 2.32. The Morgan fingerprint density at radius 3 is 2.42 bits per heavy atom. The van der Waals surface area contributed by atoms with Gasteiger partial charge in [0.25, 0.3) is 0 Å². The molecule has 0 aliphatic rings. The molecule has 0 aliphatic heterocycles. The summed E-state index contributed by atoms with van der Waals surface area (Å²) in [4.78, 5) is -0.757. The Bertz CT molecular complexity index is 264. The molecule has 0 nitrogen and oxygen atoms in total. The van der Waals surface area contributed by atoms with Crippen molar-refractivity contribution in [3.63, 3.8) is 0 Å². The second-order valence-corrected chi connectivity index (χ2v) is 4.61. The van der Waals surface area contributed by atoms with Gasteiger partial charge in [0, 0.05) is 4.83 Å². The number of alkyl halides is 4. The minimum Gasteiger partial charge on any atom is -0.165 e. The first kappa shape index (κ1) is 10.1. The monoisotopic (exact) mass is 258 g/mol. The molecule has 1 aromatic rings. The zero-order chi connectivity index (χ0) is 9.35. The van der Waals surface area contributed by atoms with E-state index in [1.807, 2.05) is 0 Å². The second kappa shape index (κ2) is 3.38. The van der Waals surface area contributed by atoms with Gasteiger partial charge in [-0.15, -0.1) is 11.3 Å². The van der Waals surface area contributed by atoms with Crippen LogP contribution < -0.4 is 0 Å². The SMILES string of the molecule is CC(Br)c1ccsc1C(F)(F)F. The highest BCUT2D eigenvalue weighted by atomic mass is 79.9. The minimum atomic E-state index is -4.22. The number of rotatable bonds is 1. The first-order chi connectivity index (χ1) is 5.43. The fourth-order valence-electron chi connectivity index (χ4n) is 0.863. The van der Waals surface area contributed by atoms with E-state index in [9.17, 15) is 13.2 Å². The Balaban J connectivity index is 3.08. The molecule has 1 rings (SSSR count). The number of hydrogen-bond acceptors (Lipinski definition) is 1. The summed E-state index contributed by atoms with van der Waals surface area (Å²) in [7, 11) is 0. The first-order valence-corrected chi connectivity index (χ1v) is 5.01. The molecule has 1 heterocycles. The van der Waals surface area contributed by atoms with Crippen molar-refractivity contribution in [2.75, 3.05) is 0 Å². The van der Waals surface area contributed by atoms with Gasteiger partial charge >= 0.3 is 6.18 Å². The van der Waals surface area contributed by atoms with Gasteiger partial charge in [-0.05, 0) is 23.9 Å². The topological polar surface area (TPSA) is 0 Å². The third kappa shape index (κ3) is 2.01. The Hall–Kier alpha value is -0.0300. The van der Waals surface area contributed by atoms with Crippen LogP contribution in [0.5, 0.6) is 0 Å². The lowest BCUT2D eigenvalue weighted by Gasteiger charge is -2.08. The molecule has 68 valence electrons. The van der Waals surface area contributed by atoms with E-state index in [4.69, 9.17) is 0 Å². The molecule has 0 bridgehead atoms. The van der Waals surface area contributed by atoms with E-state index in [2.05, 4.69) is 15.9 Å². The van der Waals surface area contributed by atoms with Crippen molar-refractivity contribution in [2.45, 2.75) is 17.9 Å². The fraction of sp³-hybridized carbons (Fsp3) is 0.429. The normalized spacial score (nSPS) is 14.8. The van der Waals surface area contributed by atoms with E-state index in [0.717, 1.165) is 11.3 Å². The summed E-state index contributed by atoms with van der Waals surface area (Å²) >= 11 is 3.84. The average Bonchev–Trinajstić information content (AvgIpc) is 2.30. The van der Waals surface area contributed by atoms with Crippen molar-refractivity contribution in [1.82, 2.24) is 0 Å². The van der Waals surface area contributed by atoms with E-state index >= 15 is 0 Å². The maximum absolute atomic E-state index is 12.2. The van der Waals surface area contributed by atoms with Gasteiger partial charge < -0.3 is 0 Å². The first-order valence-electron chi connectivity index (χ1n) is 3.21. The number of halogens is 4. The van der Waals surface area contributed by atoms with Crippen LogP contribution in [0.4, 0.5) is 13.2 Å². The zero-order valence-electron chi connectivity index (χ0n) is 6.15. The summed E-state index contributed by atoms with van der Waals surface area (Å²) in [6.07, 6.45) is -4.22. The van der Waals surface area contributed by atoms with Crippen LogP contribution in [0.3, 0.4) is 0 Å². The summed E-state index contributed by atoms with van der Waals surface area (Å²) < 4.78 is 36.7. The van der Waals surface area contributed by atoms with Crippen LogP contribution in [-0.4, -0.2) is 0 Å². The van der Waals surface area contributed by atoms with E-state index in [1.165, 1.54) is 11.4 Å². The largest absolute Gasteiger partial charge is 0.425 e. The van der Waals surface area contributed by atoms with E-state index in [-0.39, 0.29) is 4.83 Å². The Morgan fingerprint density at radius 1 is 1.50 bits per heavy atom. The highest BCUT2D eigenvalue weighted by Crippen LogP contribution is 2.40. The summed E-state index contributed by atoms with van der Waals surface area (Å²) in [5.41, 5.74) is 0.313. The molecule has 1 unspecified atom stereocenters. The molecular formula is C7H6BrF3S. The van der Waals surface area contributed by atoms with E-state index in [1.54, 1.807) is 6.92 Å². The van der Waals surface area contributed by atoms with Crippen LogP contribution in [0.2, 0.25) is 0 Å². The molecule has 12 heavy (non-hydrogen) atoms. The molecule has 1 atom stereocenters. The quantitative estimate of drug-likeness (QED) is 0.662. The molecule has 0 spiro atoms. The summed E-state index contributed by atoms with van der Waals surface area (Å²) in [5.74, 6) is 0. The van der Waals surface area contributed by atoms with Crippen LogP contribution in [-0.2, 0) is 6.18 Å². The van der Waals surface area contributed by atoms with Crippen molar-refractivity contribution in [2.24, 2.45) is 0 Å². The number of thiophene rings is 1. The smallest absolute Gasteiger partial charge is 0.165 e. The van der Waals surface area contributed by atoms with Gasteiger partial charge in [0.2, 0.25) is 0 Å². The molecule has 0 aliphatic carbocycles. The third-order valence-electron chi connectivity index (χ3n) is 1.38. The van der Waals surface area contributed by atoms with Crippen molar-refractivity contribution >= 4 is 27.3 Å². The van der Waals surface area contributed by atoms with Crippen LogP contribution in [0, 0.1) is 0 Å². The summed E-state index contributed by atoms with van der Waals surface area (Å²) in [5, 5.41) is 1.45. The molecule has 0 amide bonds. The third-order valence-corrected chi connectivity index (χ3v) is 2.85. The molecule has 0 radical (unpaired) electrons. The highest BCUT2D eigenvalue weighted by molar-refractivity contribution is 9.09. The summed E-state index contributed by atoms with van der Waals surface area (Å²) in [6.45, 7) is 1.68. The van der Waals surface area contributed by atoms with Crippen molar-refractivity contribution in [3.8, 4) is 0 Å². The molecule has 0 fully saturated rings. The lowest BCUT2D eigenvalue weighted by atomic mass is 10.2. The number of hydrogen-bond donors (Lipinski definition) is 0. The fourth-order valence-corrected chi connectivity index (χ4v) is 2.26. The summed E-state index contributed by atoms with van der Waals surface area (Å²) in [6, 6.07) is 1.49. The average molecular weight is 259 g/mol. The van der Waals surface area contributed by atoms with Crippen LogP contribution in [0.1, 0.15) is 22.2 Å². The molecule has 0 N–H and O–H groups in total. The molecule has 1 aromatic heterocycles. The zero-order valence-corrected chi connectivity index (χ0v) is 8.55. The Kier molecular flexibility index (Phi) is 2.83. The molecule has 0 saturated carbocycles. The predicted octanol–water partition coefficient (Wildman–Crippen LogP) is 4.22. The van der Waals surface area contributed by atoms with Crippen molar-refractivity contribution < 1.29 is 13.2 Å². The van der Waals surface area contributed by atoms with Crippen LogP contribution >= 0.6 is 27.3 Å². The van der Waals surface area contributed by atoms with Gasteiger partial charge in [-0.2, -0.15) is 13.2 Å². The maximum Gasteiger partial charge on any atom is 0.425 e. The van der Waals surface area contributed by atoms with Crippen molar-refractivity contribution in [3.05, 3.63) is 21.9 Å². The van der Waals surface area contributed by atoms with Gasteiger partial charge in [-0.3, -0.25) is 0 Å². The highest BCUT2D eigenvalue weighted by Gasteiger charge is 2.35. The predicted molar refractivity (Wildman–Crippen MR) is 46.7 cm³/mol.